The number of carbonyl (C=O) groups is 1. The smallest absolute Gasteiger partial charge is 0.409 e. The van der Waals surface area contributed by atoms with Crippen LogP contribution in [0.15, 0.2) is 0 Å². The standard InChI is InChI=1S/C7H13NO2/c1-6-3-4-8(5-6)7(9)10-2/h6H,3-5H2,1-2H3/t6-/m1/s1. The van der Waals surface area contributed by atoms with E-state index in [1.165, 1.54) is 7.11 Å². The zero-order chi connectivity index (χ0) is 7.56. The molecule has 10 heavy (non-hydrogen) atoms. The van der Waals surface area contributed by atoms with Crippen molar-refractivity contribution >= 4 is 6.09 Å². The van der Waals surface area contributed by atoms with Gasteiger partial charge in [-0.15, -0.1) is 0 Å². The number of likely N-dealkylation sites (tertiary alicyclic amines) is 1. The van der Waals surface area contributed by atoms with Gasteiger partial charge in [0.1, 0.15) is 0 Å². The van der Waals surface area contributed by atoms with Gasteiger partial charge in [0, 0.05) is 13.1 Å². The summed E-state index contributed by atoms with van der Waals surface area (Å²) in [6.07, 6.45) is 0.916. The molecule has 0 aromatic carbocycles. The van der Waals surface area contributed by atoms with E-state index in [0.29, 0.717) is 5.92 Å². The zero-order valence-electron chi connectivity index (χ0n) is 6.46. The van der Waals surface area contributed by atoms with Crippen LogP contribution in [0.1, 0.15) is 13.3 Å². The van der Waals surface area contributed by atoms with Crippen LogP contribution in [0.25, 0.3) is 0 Å². The van der Waals surface area contributed by atoms with Crippen molar-refractivity contribution in [3.63, 3.8) is 0 Å². The number of methoxy groups -OCH3 is 1. The van der Waals surface area contributed by atoms with Gasteiger partial charge in [-0.3, -0.25) is 0 Å². The minimum Gasteiger partial charge on any atom is -0.453 e. The average molecular weight is 143 g/mol. The lowest BCUT2D eigenvalue weighted by molar-refractivity contribution is 0.132. The molecule has 0 aromatic heterocycles. The second kappa shape index (κ2) is 2.90. The Morgan fingerprint density at radius 2 is 2.40 bits per heavy atom. The van der Waals surface area contributed by atoms with Crippen LogP contribution in [0.3, 0.4) is 0 Å². The number of hydrogen-bond donors (Lipinski definition) is 0. The molecule has 0 aromatic rings. The van der Waals surface area contributed by atoms with E-state index >= 15 is 0 Å². The quantitative estimate of drug-likeness (QED) is 0.508. The number of rotatable bonds is 0. The molecular weight excluding hydrogens is 130 g/mol. The van der Waals surface area contributed by atoms with Gasteiger partial charge in [-0.1, -0.05) is 6.92 Å². The third-order valence-corrected chi connectivity index (χ3v) is 1.86. The van der Waals surface area contributed by atoms with Gasteiger partial charge in [0.05, 0.1) is 7.11 Å². The van der Waals surface area contributed by atoms with E-state index in [1.54, 1.807) is 4.90 Å². The predicted octanol–water partition coefficient (Wildman–Crippen LogP) is 1.09. The molecular formula is C7H13NO2. The lowest BCUT2D eigenvalue weighted by atomic mass is 10.2. The second-order valence-corrected chi connectivity index (χ2v) is 2.81. The summed E-state index contributed by atoms with van der Waals surface area (Å²) in [6.45, 7) is 3.85. The molecule has 1 amide bonds. The van der Waals surface area contributed by atoms with Gasteiger partial charge in [0.2, 0.25) is 0 Å². The summed E-state index contributed by atoms with van der Waals surface area (Å²) in [5, 5.41) is 0. The molecule has 1 saturated heterocycles. The highest BCUT2D eigenvalue weighted by atomic mass is 16.5. The van der Waals surface area contributed by atoms with Crippen LogP contribution in [0.2, 0.25) is 0 Å². The molecule has 0 N–H and O–H groups in total. The van der Waals surface area contributed by atoms with Crippen LogP contribution in [0.5, 0.6) is 0 Å². The Balaban J connectivity index is 2.37. The normalized spacial score (nSPS) is 25.0. The van der Waals surface area contributed by atoms with Crippen LogP contribution >= 0.6 is 0 Å². The van der Waals surface area contributed by atoms with Gasteiger partial charge in [-0.25, -0.2) is 4.79 Å². The first-order chi connectivity index (χ1) is 4.74. The number of carbonyl (C=O) groups excluding carboxylic acids is 1. The maximum atomic E-state index is 10.9. The van der Waals surface area contributed by atoms with Crippen molar-refractivity contribution in [3.8, 4) is 0 Å². The Morgan fingerprint density at radius 1 is 1.70 bits per heavy atom. The molecule has 1 fully saturated rings. The Hall–Kier alpha value is -0.730. The minimum absolute atomic E-state index is 0.190. The van der Waals surface area contributed by atoms with E-state index in [4.69, 9.17) is 0 Å². The summed E-state index contributed by atoms with van der Waals surface area (Å²) >= 11 is 0. The van der Waals surface area contributed by atoms with Crippen molar-refractivity contribution in [1.29, 1.82) is 0 Å². The Labute approximate surface area is 61.0 Å². The van der Waals surface area contributed by atoms with Crippen molar-refractivity contribution in [2.45, 2.75) is 13.3 Å². The highest BCUT2D eigenvalue weighted by molar-refractivity contribution is 5.67. The second-order valence-electron chi connectivity index (χ2n) is 2.81. The van der Waals surface area contributed by atoms with Gasteiger partial charge in [-0.2, -0.15) is 0 Å². The summed E-state index contributed by atoms with van der Waals surface area (Å²) in [4.78, 5) is 12.6. The van der Waals surface area contributed by atoms with E-state index in [1.807, 2.05) is 0 Å². The third kappa shape index (κ3) is 1.40. The van der Waals surface area contributed by atoms with E-state index in [2.05, 4.69) is 11.7 Å². The minimum atomic E-state index is -0.190. The predicted molar refractivity (Wildman–Crippen MR) is 37.8 cm³/mol. The van der Waals surface area contributed by atoms with E-state index < -0.39 is 0 Å². The highest BCUT2D eigenvalue weighted by Gasteiger charge is 2.23. The summed E-state index contributed by atoms with van der Waals surface area (Å²) in [5.41, 5.74) is 0. The van der Waals surface area contributed by atoms with E-state index in [9.17, 15) is 4.79 Å². The lowest BCUT2D eigenvalue weighted by Gasteiger charge is -2.12. The maximum absolute atomic E-state index is 10.9. The topological polar surface area (TPSA) is 29.5 Å². The first-order valence-electron chi connectivity index (χ1n) is 3.57. The Bertz CT molecular complexity index is 136. The first kappa shape index (κ1) is 7.38. The first-order valence-corrected chi connectivity index (χ1v) is 3.57. The fourth-order valence-electron chi connectivity index (χ4n) is 1.23. The van der Waals surface area contributed by atoms with Gasteiger partial charge >= 0.3 is 6.09 Å². The fourth-order valence-corrected chi connectivity index (χ4v) is 1.23. The monoisotopic (exact) mass is 143 g/mol. The lowest BCUT2D eigenvalue weighted by Crippen LogP contribution is -2.27. The molecule has 3 heteroatoms. The highest BCUT2D eigenvalue weighted by Crippen LogP contribution is 2.15. The van der Waals surface area contributed by atoms with Crippen molar-refractivity contribution in [2.75, 3.05) is 20.2 Å². The summed E-state index contributed by atoms with van der Waals surface area (Å²) in [5.74, 6) is 0.638. The van der Waals surface area contributed by atoms with Crippen molar-refractivity contribution < 1.29 is 9.53 Å². The maximum Gasteiger partial charge on any atom is 0.409 e. The average Bonchev–Trinajstić information content (AvgIpc) is 2.34. The van der Waals surface area contributed by atoms with Crippen LogP contribution < -0.4 is 0 Å². The summed E-state index contributed by atoms with van der Waals surface area (Å²) < 4.78 is 4.57. The van der Waals surface area contributed by atoms with Crippen LogP contribution in [-0.2, 0) is 4.74 Å². The summed E-state index contributed by atoms with van der Waals surface area (Å²) in [7, 11) is 1.42. The molecule has 1 rings (SSSR count). The van der Waals surface area contributed by atoms with E-state index in [-0.39, 0.29) is 6.09 Å². The molecule has 3 nitrogen and oxygen atoms in total. The third-order valence-electron chi connectivity index (χ3n) is 1.86. The molecule has 0 unspecified atom stereocenters. The fraction of sp³-hybridized carbons (Fsp3) is 0.857. The van der Waals surface area contributed by atoms with E-state index in [0.717, 1.165) is 19.5 Å². The summed E-state index contributed by atoms with van der Waals surface area (Å²) in [6, 6.07) is 0. The Morgan fingerprint density at radius 3 is 2.80 bits per heavy atom. The molecule has 58 valence electrons. The van der Waals surface area contributed by atoms with Crippen LogP contribution in [-0.4, -0.2) is 31.2 Å². The molecule has 1 atom stereocenters. The van der Waals surface area contributed by atoms with Crippen LogP contribution in [0, 0.1) is 5.92 Å². The van der Waals surface area contributed by atoms with Crippen molar-refractivity contribution in [1.82, 2.24) is 4.90 Å². The molecule has 1 aliphatic rings. The van der Waals surface area contributed by atoms with Gasteiger partial charge < -0.3 is 9.64 Å². The van der Waals surface area contributed by atoms with Crippen LogP contribution in [0.4, 0.5) is 4.79 Å². The molecule has 0 saturated carbocycles. The number of hydrogen-bond acceptors (Lipinski definition) is 2. The number of amides is 1. The van der Waals surface area contributed by atoms with Gasteiger partial charge in [-0.05, 0) is 12.3 Å². The molecule has 1 aliphatic heterocycles. The number of ether oxygens (including phenoxy) is 1. The molecule has 0 spiro atoms. The SMILES string of the molecule is COC(=O)N1CC[C@@H](C)C1. The zero-order valence-corrected chi connectivity index (χ0v) is 6.46. The van der Waals surface area contributed by atoms with Crippen molar-refractivity contribution in [3.05, 3.63) is 0 Å². The molecule has 0 aliphatic carbocycles. The largest absolute Gasteiger partial charge is 0.453 e. The van der Waals surface area contributed by atoms with Gasteiger partial charge in [0.25, 0.3) is 0 Å². The van der Waals surface area contributed by atoms with Gasteiger partial charge in [0.15, 0.2) is 0 Å². The molecule has 0 bridgehead atoms. The Kier molecular flexibility index (Phi) is 2.14. The number of nitrogens with zero attached hydrogens (tertiary/aromatic N) is 1. The molecule has 0 radical (unpaired) electrons. The molecule has 1 heterocycles. The van der Waals surface area contributed by atoms with Crippen molar-refractivity contribution in [2.24, 2.45) is 5.92 Å².